The molecule has 0 unspecified atom stereocenters. The lowest BCUT2D eigenvalue weighted by atomic mass is 9.96. The highest BCUT2D eigenvalue weighted by Crippen LogP contribution is 2.30. The number of halogens is 1. The molecule has 1 aromatic heterocycles. The van der Waals surface area contributed by atoms with Gasteiger partial charge in [0, 0.05) is 46.8 Å². The van der Waals surface area contributed by atoms with E-state index in [1.165, 1.54) is 6.07 Å². The first-order valence-corrected chi connectivity index (χ1v) is 9.94. The summed E-state index contributed by atoms with van der Waals surface area (Å²) in [5.41, 5.74) is 1.59. The number of carbonyl (C=O) groups is 1. The number of nitro benzene ring substituents is 1. The minimum atomic E-state index is -0.467. The minimum absolute atomic E-state index is 0.0462. The molecule has 0 spiro atoms. The summed E-state index contributed by atoms with van der Waals surface area (Å²) in [4.78, 5) is 29.7. The van der Waals surface area contributed by atoms with E-state index in [9.17, 15) is 14.9 Å². The number of hydrogen-bond acceptors (Lipinski definition) is 6. The molecule has 0 bridgehead atoms. The van der Waals surface area contributed by atoms with Crippen molar-refractivity contribution in [2.24, 2.45) is 0 Å². The molecule has 30 heavy (non-hydrogen) atoms. The predicted molar refractivity (Wildman–Crippen MR) is 110 cm³/mol. The van der Waals surface area contributed by atoms with Crippen molar-refractivity contribution in [2.75, 3.05) is 13.1 Å². The maximum Gasteiger partial charge on any atom is 0.273 e. The summed E-state index contributed by atoms with van der Waals surface area (Å²) < 4.78 is 5.45. The number of aromatic nitrogens is 2. The smallest absolute Gasteiger partial charge is 0.273 e. The van der Waals surface area contributed by atoms with Gasteiger partial charge in [-0.05, 0) is 38.0 Å². The zero-order valence-electron chi connectivity index (χ0n) is 16.2. The molecule has 0 aliphatic carbocycles. The topological polar surface area (TPSA) is 102 Å². The van der Waals surface area contributed by atoms with Gasteiger partial charge in [-0.25, -0.2) is 0 Å². The van der Waals surface area contributed by atoms with E-state index in [0.717, 1.165) is 5.56 Å². The van der Waals surface area contributed by atoms with Gasteiger partial charge in [-0.2, -0.15) is 4.98 Å². The molecule has 0 N–H and O–H groups in total. The summed E-state index contributed by atoms with van der Waals surface area (Å²) in [6, 6.07) is 11.8. The Bertz CT molecular complexity index is 1110. The molecular formula is C21H19ClN4O4. The number of nitrogens with zero attached hydrogens (tertiary/aromatic N) is 4. The Kier molecular flexibility index (Phi) is 5.50. The summed E-state index contributed by atoms with van der Waals surface area (Å²) in [7, 11) is 0. The predicted octanol–water partition coefficient (Wildman–Crippen LogP) is 4.63. The van der Waals surface area contributed by atoms with Crippen molar-refractivity contribution in [3.63, 3.8) is 0 Å². The Morgan fingerprint density at radius 1 is 1.23 bits per heavy atom. The quantitative estimate of drug-likeness (QED) is 0.445. The largest absolute Gasteiger partial charge is 0.339 e. The van der Waals surface area contributed by atoms with Crippen molar-refractivity contribution in [3.8, 4) is 11.4 Å². The van der Waals surface area contributed by atoms with Gasteiger partial charge in [-0.15, -0.1) is 0 Å². The number of hydrogen-bond donors (Lipinski definition) is 0. The van der Waals surface area contributed by atoms with Crippen LogP contribution in [0.1, 0.15) is 40.6 Å². The first-order valence-electron chi connectivity index (χ1n) is 9.56. The van der Waals surface area contributed by atoms with Crippen LogP contribution in [0.4, 0.5) is 5.69 Å². The second-order valence-electron chi connectivity index (χ2n) is 7.29. The summed E-state index contributed by atoms with van der Waals surface area (Å²) >= 11 is 6.02. The zero-order valence-corrected chi connectivity index (χ0v) is 17.0. The third-order valence-electron chi connectivity index (χ3n) is 5.31. The number of likely N-dealkylation sites (tertiary alicyclic amines) is 1. The number of aryl methyl sites for hydroxylation is 1. The third-order valence-corrected chi connectivity index (χ3v) is 5.54. The normalized spacial score (nSPS) is 14.7. The Balaban J connectivity index is 1.42. The number of nitro groups is 1. The van der Waals surface area contributed by atoms with E-state index in [1.807, 2.05) is 12.1 Å². The number of amides is 1. The van der Waals surface area contributed by atoms with E-state index in [0.29, 0.717) is 53.8 Å². The van der Waals surface area contributed by atoms with Crippen molar-refractivity contribution >= 4 is 23.2 Å². The molecule has 9 heteroatoms. The Labute approximate surface area is 177 Å². The molecular weight excluding hydrogens is 408 g/mol. The van der Waals surface area contributed by atoms with Crippen molar-refractivity contribution < 1.29 is 14.2 Å². The highest BCUT2D eigenvalue weighted by molar-refractivity contribution is 6.30. The summed E-state index contributed by atoms with van der Waals surface area (Å²) in [6.45, 7) is 2.68. The summed E-state index contributed by atoms with van der Waals surface area (Å²) in [5, 5.41) is 15.8. The van der Waals surface area contributed by atoms with Crippen LogP contribution in [0.5, 0.6) is 0 Å². The van der Waals surface area contributed by atoms with Gasteiger partial charge in [0.1, 0.15) is 0 Å². The lowest BCUT2D eigenvalue weighted by molar-refractivity contribution is -0.385. The van der Waals surface area contributed by atoms with E-state index < -0.39 is 4.92 Å². The number of rotatable bonds is 4. The summed E-state index contributed by atoms with van der Waals surface area (Å²) in [6.07, 6.45) is 1.35. The van der Waals surface area contributed by atoms with Crippen LogP contribution in [-0.2, 0) is 0 Å². The van der Waals surface area contributed by atoms with Crippen LogP contribution in [0.15, 0.2) is 47.0 Å². The Morgan fingerprint density at radius 3 is 2.70 bits per heavy atom. The maximum absolute atomic E-state index is 12.8. The van der Waals surface area contributed by atoms with Gasteiger partial charge in [0.25, 0.3) is 11.6 Å². The van der Waals surface area contributed by atoms with Crippen LogP contribution in [0.25, 0.3) is 11.4 Å². The van der Waals surface area contributed by atoms with E-state index in [1.54, 1.807) is 36.1 Å². The molecule has 1 aliphatic heterocycles. The standard InChI is InChI=1S/C21H19ClN4O4/c1-13-5-6-16(12-18(13)26(28)29)21(27)25-9-7-14(8-10-25)20-23-19(24-30-20)15-3-2-4-17(22)11-15/h2-6,11-12,14H,7-10H2,1H3. The molecule has 0 atom stereocenters. The summed E-state index contributed by atoms with van der Waals surface area (Å²) in [5.74, 6) is 0.879. The van der Waals surface area contributed by atoms with Gasteiger partial charge >= 0.3 is 0 Å². The van der Waals surface area contributed by atoms with Gasteiger partial charge in [0.15, 0.2) is 0 Å². The van der Waals surface area contributed by atoms with E-state index in [4.69, 9.17) is 16.1 Å². The molecule has 0 saturated carbocycles. The Hall–Kier alpha value is -3.26. The highest BCUT2D eigenvalue weighted by atomic mass is 35.5. The fraction of sp³-hybridized carbons (Fsp3) is 0.286. The van der Waals surface area contributed by atoms with Crippen LogP contribution in [0, 0.1) is 17.0 Å². The number of piperidine rings is 1. The average molecular weight is 427 g/mol. The molecule has 1 saturated heterocycles. The van der Waals surface area contributed by atoms with E-state index in [-0.39, 0.29) is 17.5 Å². The molecule has 2 aromatic carbocycles. The second-order valence-corrected chi connectivity index (χ2v) is 7.73. The zero-order chi connectivity index (χ0) is 21.3. The van der Waals surface area contributed by atoms with Crippen LogP contribution < -0.4 is 0 Å². The SMILES string of the molecule is Cc1ccc(C(=O)N2CCC(c3nc(-c4cccc(Cl)c4)no3)CC2)cc1[N+](=O)[O-]. The van der Waals surface area contributed by atoms with Gasteiger partial charge < -0.3 is 9.42 Å². The molecule has 1 aliphatic rings. The van der Waals surface area contributed by atoms with E-state index in [2.05, 4.69) is 10.1 Å². The number of benzene rings is 2. The van der Waals surface area contributed by atoms with E-state index >= 15 is 0 Å². The fourth-order valence-electron chi connectivity index (χ4n) is 3.60. The third kappa shape index (κ3) is 4.04. The molecule has 4 rings (SSSR count). The van der Waals surface area contributed by atoms with Crippen molar-refractivity contribution in [3.05, 3.63) is 74.6 Å². The molecule has 2 heterocycles. The van der Waals surface area contributed by atoms with Gasteiger partial charge in [-0.1, -0.05) is 35.0 Å². The maximum atomic E-state index is 12.8. The lowest BCUT2D eigenvalue weighted by Crippen LogP contribution is -2.38. The minimum Gasteiger partial charge on any atom is -0.339 e. The van der Waals surface area contributed by atoms with Gasteiger partial charge in [0.2, 0.25) is 11.7 Å². The first kappa shape index (κ1) is 20.0. The highest BCUT2D eigenvalue weighted by Gasteiger charge is 2.29. The van der Waals surface area contributed by atoms with Gasteiger partial charge in [0.05, 0.1) is 4.92 Å². The number of carbonyl (C=O) groups excluding carboxylic acids is 1. The van der Waals surface area contributed by atoms with Gasteiger partial charge in [-0.3, -0.25) is 14.9 Å². The van der Waals surface area contributed by atoms with Crippen molar-refractivity contribution in [2.45, 2.75) is 25.7 Å². The molecule has 154 valence electrons. The molecule has 0 radical (unpaired) electrons. The fourth-order valence-corrected chi connectivity index (χ4v) is 3.79. The molecule has 1 fully saturated rings. The van der Waals surface area contributed by atoms with Crippen LogP contribution in [0.3, 0.4) is 0 Å². The molecule has 3 aromatic rings. The van der Waals surface area contributed by atoms with Crippen LogP contribution >= 0.6 is 11.6 Å². The van der Waals surface area contributed by atoms with Crippen molar-refractivity contribution in [1.82, 2.24) is 15.0 Å². The van der Waals surface area contributed by atoms with Crippen LogP contribution in [0.2, 0.25) is 5.02 Å². The van der Waals surface area contributed by atoms with Crippen LogP contribution in [-0.4, -0.2) is 39.0 Å². The Morgan fingerprint density at radius 2 is 2.00 bits per heavy atom. The van der Waals surface area contributed by atoms with Crippen molar-refractivity contribution in [1.29, 1.82) is 0 Å². The molecule has 8 nitrogen and oxygen atoms in total. The molecule has 1 amide bonds. The second kappa shape index (κ2) is 8.23. The first-order chi connectivity index (χ1) is 14.4. The monoisotopic (exact) mass is 426 g/mol. The average Bonchev–Trinajstić information content (AvgIpc) is 3.24. The lowest BCUT2D eigenvalue weighted by Gasteiger charge is -2.30.